The molecule has 0 heterocycles. The first-order chi connectivity index (χ1) is 6.08. The Hall–Kier alpha value is -1.84. The van der Waals surface area contributed by atoms with E-state index in [0.717, 1.165) is 12.2 Å². The lowest BCUT2D eigenvalue weighted by atomic mass is 10.6. The third kappa shape index (κ3) is 17.8. The van der Waals surface area contributed by atoms with Gasteiger partial charge in [0.2, 0.25) is 5.91 Å². The Kier molecular flexibility index (Phi) is 10.7. The number of rotatable bonds is 4. The van der Waals surface area contributed by atoms with E-state index in [9.17, 15) is 9.59 Å². The lowest BCUT2D eigenvalue weighted by Gasteiger charge is -1.92. The van der Waals surface area contributed by atoms with Crippen molar-refractivity contribution in [1.82, 2.24) is 0 Å². The van der Waals surface area contributed by atoms with Gasteiger partial charge in [-0.1, -0.05) is 25.8 Å². The van der Waals surface area contributed by atoms with Gasteiger partial charge in [-0.3, -0.25) is 4.79 Å². The van der Waals surface area contributed by atoms with E-state index >= 15 is 0 Å². The lowest BCUT2D eigenvalue weighted by molar-refractivity contribution is -0.136. The Morgan fingerprint density at radius 3 is 1.92 bits per heavy atom. The Morgan fingerprint density at radius 2 is 1.69 bits per heavy atom. The molecule has 0 aliphatic heterocycles. The molecule has 0 bridgehead atoms. The quantitative estimate of drug-likeness (QED) is 0.393. The molecule has 13 heavy (non-hydrogen) atoms. The molecule has 0 atom stereocenters. The van der Waals surface area contributed by atoms with Gasteiger partial charge in [0.05, 0.1) is 0 Å². The molecule has 0 unspecified atom stereocenters. The van der Waals surface area contributed by atoms with E-state index in [1.165, 1.54) is 6.08 Å². The van der Waals surface area contributed by atoms with Crippen LogP contribution in [0, 0.1) is 0 Å². The van der Waals surface area contributed by atoms with Gasteiger partial charge in [0, 0.05) is 6.08 Å². The summed E-state index contributed by atoms with van der Waals surface area (Å²) >= 11 is 0. The second-order valence-corrected chi connectivity index (χ2v) is 1.73. The van der Waals surface area contributed by atoms with Crippen molar-refractivity contribution in [3.63, 3.8) is 0 Å². The molecule has 2 N–H and O–H groups in total. The van der Waals surface area contributed by atoms with Crippen LogP contribution in [0.15, 0.2) is 38.0 Å². The van der Waals surface area contributed by atoms with Crippen LogP contribution in [-0.4, -0.2) is 18.5 Å². The molecule has 0 aliphatic carbocycles. The predicted octanol–water partition coefficient (Wildman–Crippen LogP) is 0.559. The second-order valence-electron chi connectivity index (χ2n) is 1.73. The van der Waals surface area contributed by atoms with Crippen molar-refractivity contribution >= 4 is 11.9 Å². The number of primary amides is 1. The van der Waals surface area contributed by atoms with E-state index < -0.39 is 11.9 Å². The molecular formula is C9H13NO3. The smallest absolute Gasteiger partial charge is 0.330 e. The fourth-order valence-corrected chi connectivity index (χ4v) is 0.200. The summed E-state index contributed by atoms with van der Waals surface area (Å²) in [7, 11) is 0. The molecule has 0 spiro atoms. The summed E-state index contributed by atoms with van der Waals surface area (Å²) in [5.41, 5.74) is 4.53. The third-order valence-electron chi connectivity index (χ3n) is 0.711. The maximum absolute atomic E-state index is 10.2. The summed E-state index contributed by atoms with van der Waals surface area (Å²) in [6.07, 6.45) is 3.67. The van der Waals surface area contributed by atoms with Gasteiger partial charge < -0.3 is 10.5 Å². The zero-order valence-corrected chi connectivity index (χ0v) is 7.36. The number of esters is 1. The normalized spacial score (nSPS) is 7.08. The first-order valence-electron chi connectivity index (χ1n) is 3.40. The minimum absolute atomic E-state index is 0.255. The van der Waals surface area contributed by atoms with Gasteiger partial charge in [-0.2, -0.15) is 0 Å². The molecule has 0 rings (SSSR count). The van der Waals surface area contributed by atoms with Crippen LogP contribution in [0.3, 0.4) is 0 Å². The lowest BCUT2D eigenvalue weighted by Crippen LogP contribution is -2.04. The summed E-state index contributed by atoms with van der Waals surface area (Å²) in [5.74, 6) is -0.894. The Bertz CT molecular complexity index is 209. The van der Waals surface area contributed by atoms with Gasteiger partial charge in [0.1, 0.15) is 6.61 Å². The Balaban J connectivity index is 0. The van der Waals surface area contributed by atoms with E-state index in [1.54, 1.807) is 0 Å². The van der Waals surface area contributed by atoms with Gasteiger partial charge in [-0.25, -0.2) is 4.79 Å². The van der Waals surface area contributed by atoms with Crippen molar-refractivity contribution in [2.45, 2.75) is 0 Å². The topological polar surface area (TPSA) is 69.4 Å². The SMILES string of the molecule is C=CC(N)=O.C=CCOC(=O)C=C. The van der Waals surface area contributed by atoms with Gasteiger partial charge in [-0.05, 0) is 6.08 Å². The molecule has 1 amide bonds. The van der Waals surface area contributed by atoms with Crippen molar-refractivity contribution in [1.29, 1.82) is 0 Å². The highest BCUT2D eigenvalue weighted by atomic mass is 16.5. The van der Waals surface area contributed by atoms with Crippen LogP contribution >= 0.6 is 0 Å². The molecule has 0 aromatic heterocycles. The predicted molar refractivity (Wildman–Crippen MR) is 50.7 cm³/mol. The van der Waals surface area contributed by atoms with Crippen LogP contribution in [0.4, 0.5) is 0 Å². The van der Waals surface area contributed by atoms with Gasteiger partial charge >= 0.3 is 5.97 Å². The maximum Gasteiger partial charge on any atom is 0.330 e. The average molecular weight is 183 g/mol. The van der Waals surface area contributed by atoms with Crippen molar-refractivity contribution < 1.29 is 14.3 Å². The van der Waals surface area contributed by atoms with Crippen LogP contribution in [0.5, 0.6) is 0 Å². The van der Waals surface area contributed by atoms with Crippen molar-refractivity contribution in [2.75, 3.05) is 6.61 Å². The summed E-state index contributed by atoms with van der Waals surface area (Å²) in [5, 5.41) is 0. The van der Waals surface area contributed by atoms with Crippen LogP contribution in [-0.2, 0) is 14.3 Å². The number of carbonyl (C=O) groups is 2. The fourth-order valence-electron chi connectivity index (χ4n) is 0.200. The van der Waals surface area contributed by atoms with Crippen molar-refractivity contribution in [2.24, 2.45) is 5.73 Å². The highest BCUT2D eigenvalue weighted by molar-refractivity contribution is 5.85. The average Bonchev–Trinajstić information content (AvgIpc) is 2.15. The number of hydrogen-bond acceptors (Lipinski definition) is 3. The van der Waals surface area contributed by atoms with E-state index in [1.807, 2.05) is 0 Å². The van der Waals surface area contributed by atoms with E-state index in [2.05, 4.69) is 30.2 Å². The Morgan fingerprint density at radius 1 is 1.23 bits per heavy atom. The van der Waals surface area contributed by atoms with Crippen LogP contribution in [0.25, 0.3) is 0 Å². The highest BCUT2D eigenvalue weighted by Crippen LogP contribution is 1.77. The summed E-state index contributed by atoms with van der Waals surface area (Å²) in [4.78, 5) is 19.7. The molecule has 0 aromatic carbocycles. The monoisotopic (exact) mass is 183 g/mol. The van der Waals surface area contributed by atoms with Crippen LogP contribution < -0.4 is 5.73 Å². The molecule has 0 radical (unpaired) electrons. The standard InChI is InChI=1S/C6H8O2.C3H5NO/c1-3-5-8-6(7)4-2;1-2-3(4)5/h3-4H,1-2,5H2;2H,1H2,(H2,4,5). The van der Waals surface area contributed by atoms with E-state index in [0.29, 0.717) is 0 Å². The molecule has 72 valence electrons. The molecule has 4 heteroatoms. The van der Waals surface area contributed by atoms with E-state index in [-0.39, 0.29) is 6.61 Å². The molecule has 0 aliphatic rings. The molecular weight excluding hydrogens is 170 g/mol. The van der Waals surface area contributed by atoms with Crippen molar-refractivity contribution in [3.05, 3.63) is 38.0 Å². The number of ether oxygens (including phenoxy) is 1. The molecule has 0 aromatic rings. The molecule has 0 saturated heterocycles. The maximum atomic E-state index is 10.2. The van der Waals surface area contributed by atoms with Gasteiger partial charge in [-0.15, -0.1) is 0 Å². The van der Waals surface area contributed by atoms with E-state index in [4.69, 9.17) is 0 Å². The largest absolute Gasteiger partial charge is 0.458 e. The molecule has 0 saturated carbocycles. The first kappa shape index (κ1) is 13.7. The first-order valence-corrected chi connectivity index (χ1v) is 3.40. The summed E-state index contributed by atoms with van der Waals surface area (Å²) in [6.45, 7) is 9.90. The van der Waals surface area contributed by atoms with Crippen LogP contribution in [0.1, 0.15) is 0 Å². The number of carbonyl (C=O) groups excluding carboxylic acids is 2. The van der Waals surface area contributed by atoms with Crippen molar-refractivity contribution in [3.8, 4) is 0 Å². The Labute approximate surface area is 77.4 Å². The zero-order chi connectivity index (χ0) is 10.7. The summed E-state index contributed by atoms with van der Waals surface area (Å²) < 4.78 is 4.47. The number of hydrogen-bond donors (Lipinski definition) is 1. The minimum Gasteiger partial charge on any atom is -0.458 e. The summed E-state index contributed by atoms with van der Waals surface area (Å²) in [6, 6.07) is 0. The number of nitrogens with two attached hydrogens (primary N) is 1. The van der Waals surface area contributed by atoms with Crippen LogP contribution in [0.2, 0.25) is 0 Å². The van der Waals surface area contributed by atoms with Gasteiger partial charge in [0.25, 0.3) is 0 Å². The molecule has 0 fully saturated rings. The highest BCUT2D eigenvalue weighted by Gasteiger charge is 1.87. The fraction of sp³-hybridized carbons (Fsp3) is 0.111. The zero-order valence-electron chi connectivity index (χ0n) is 7.36. The minimum atomic E-state index is -0.481. The molecule has 4 nitrogen and oxygen atoms in total. The number of amides is 1. The third-order valence-corrected chi connectivity index (χ3v) is 0.711. The second kappa shape index (κ2) is 10.2. The van der Waals surface area contributed by atoms with Gasteiger partial charge in [0.15, 0.2) is 0 Å².